The molecule has 7 nitrogen and oxygen atoms in total. The molecule has 8 heteroatoms. The minimum atomic E-state index is -0.335. The summed E-state index contributed by atoms with van der Waals surface area (Å²) in [5, 5.41) is 6.00. The largest absolute Gasteiger partial charge is 0.454 e. The lowest BCUT2D eigenvalue weighted by Crippen LogP contribution is -2.25. The maximum absolute atomic E-state index is 12.3. The van der Waals surface area contributed by atoms with Crippen LogP contribution >= 0.6 is 11.6 Å². The van der Waals surface area contributed by atoms with Crippen LogP contribution in [0.3, 0.4) is 0 Å². The van der Waals surface area contributed by atoms with Gasteiger partial charge >= 0.3 is 0 Å². The van der Waals surface area contributed by atoms with E-state index in [0.29, 0.717) is 53.1 Å². The number of nitrogens with one attached hydrogen (secondary N) is 2. The molecule has 0 aromatic heterocycles. The van der Waals surface area contributed by atoms with E-state index in [1.54, 1.807) is 42.5 Å². The van der Waals surface area contributed by atoms with Crippen LogP contribution in [0.1, 0.15) is 29.3 Å². The van der Waals surface area contributed by atoms with Crippen LogP contribution in [-0.4, -0.2) is 38.4 Å². The number of halogens is 1. The minimum absolute atomic E-state index is 0.124. The standard InChI is InChI=1S/C22H23ClN2O5/c1-2-28-10-4-9-24-22(27)16-5-3-6-17(13-16)25-20(26)8-7-15-11-18(23)21-19(12-15)29-14-30-21/h3,5-8,11-13H,2,4,9-10,14H2,1H3,(H,24,27)(H,25,26). The zero-order chi connectivity index (χ0) is 21.3. The Balaban J connectivity index is 1.55. The van der Waals surface area contributed by atoms with E-state index in [4.69, 9.17) is 25.8 Å². The first-order chi connectivity index (χ1) is 14.6. The highest BCUT2D eigenvalue weighted by Gasteiger charge is 2.17. The lowest BCUT2D eigenvalue weighted by molar-refractivity contribution is -0.111. The van der Waals surface area contributed by atoms with Crippen molar-refractivity contribution in [2.75, 3.05) is 31.9 Å². The van der Waals surface area contributed by atoms with E-state index in [1.807, 2.05) is 6.92 Å². The summed E-state index contributed by atoms with van der Waals surface area (Å²) in [6, 6.07) is 10.2. The quantitative estimate of drug-likeness (QED) is 0.466. The van der Waals surface area contributed by atoms with Crippen molar-refractivity contribution in [1.29, 1.82) is 0 Å². The number of ether oxygens (including phenoxy) is 3. The third-order valence-electron chi connectivity index (χ3n) is 4.22. The van der Waals surface area contributed by atoms with Gasteiger partial charge in [-0.15, -0.1) is 0 Å². The van der Waals surface area contributed by atoms with Crippen LogP contribution in [0, 0.1) is 0 Å². The molecule has 2 amide bonds. The van der Waals surface area contributed by atoms with Crippen molar-refractivity contribution in [3.8, 4) is 11.5 Å². The first-order valence-electron chi connectivity index (χ1n) is 9.61. The molecule has 3 rings (SSSR count). The van der Waals surface area contributed by atoms with E-state index in [1.165, 1.54) is 6.08 Å². The third kappa shape index (κ3) is 5.98. The molecule has 1 aliphatic heterocycles. The maximum Gasteiger partial charge on any atom is 0.251 e. The Labute approximate surface area is 180 Å². The Morgan fingerprint density at radius 1 is 1.23 bits per heavy atom. The fourth-order valence-corrected chi connectivity index (χ4v) is 3.07. The number of fused-ring (bicyclic) bond motifs is 1. The third-order valence-corrected chi connectivity index (χ3v) is 4.50. The second-order valence-electron chi connectivity index (χ2n) is 6.45. The number of anilines is 1. The zero-order valence-corrected chi connectivity index (χ0v) is 17.3. The number of hydrogen-bond donors (Lipinski definition) is 2. The molecule has 0 bridgehead atoms. The summed E-state index contributed by atoms with van der Waals surface area (Å²) < 4.78 is 15.8. The van der Waals surface area contributed by atoms with Crippen LogP contribution < -0.4 is 20.1 Å². The second-order valence-corrected chi connectivity index (χ2v) is 6.85. The summed E-state index contributed by atoms with van der Waals surface area (Å²) in [5.74, 6) is 0.514. The van der Waals surface area contributed by atoms with Gasteiger partial charge in [-0.3, -0.25) is 9.59 Å². The van der Waals surface area contributed by atoms with Crippen molar-refractivity contribution in [1.82, 2.24) is 5.32 Å². The molecule has 0 atom stereocenters. The summed E-state index contributed by atoms with van der Waals surface area (Å²) in [6.45, 7) is 3.84. The molecule has 0 saturated heterocycles. The molecule has 2 N–H and O–H groups in total. The molecule has 1 aliphatic rings. The average Bonchev–Trinajstić information content (AvgIpc) is 3.21. The molecule has 1 heterocycles. The summed E-state index contributed by atoms with van der Waals surface area (Å²) in [5.41, 5.74) is 1.70. The lowest BCUT2D eigenvalue weighted by atomic mass is 10.1. The van der Waals surface area contributed by atoms with E-state index in [0.717, 1.165) is 6.42 Å². The summed E-state index contributed by atoms with van der Waals surface area (Å²) in [4.78, 5) is 24.5. The molecule has 2 aromatic carbocycles. The number of amides is 2. The number of rotatable bonds is 9. The monoisotopic (exact) mass is 430 g/mol. The molecule has 0 aliphatic carbocycles. The Hall–Kier alpha value is -3.03. The smallest absolute Gasteiger partial charge is 0.251 e. The van der Waals surface area contributed by atoms with Crippen molar-refractivity contribution >= 4 is 35.2 Å². The molecular formula is C22H23ClN2O5. The number of carbonyl (C=O) groups is 2. The minimum Gasteiger partial charge on any atom is -0.454 e. The van der Waals surface area contributed by atoms with E-state index >= 15 is 0 Å². The second kappa shape index (κ2) is 10.7. The van der Waals surface area contributed by atoms with Gasteiger partial charge in [0.15, 0.2) is 11.5 Å². The van der Waals surface area contributed by atoms with Crippen LogP contribution in [0.25, 0.3) is 6.08 Å². The van der Waals surface area contributed by atoms with Crippen LogP contribution in [-0.2, 0) is 9.53 Å². The van der Waals surface area contributed by atoms with Crippen molar-refractivity contribution in [2.45, 2.75) is 13.3 Å². The van der Waals surface area contributed by atoms with Gasteiger partial charge in [-0.1, -0.05) is 17.7 Å². The summed E-state index contributed by atoms with van der Waals surface area (Å²) in [6.07, 6.45) is 3.75. The van der Waals surface area contributed by atoms with Crippen LogP contribution in [0.2, 0.25) is 5.02 Å². The Morgan fingerprint density at radius 3 is 2.93 bits per heavy atom. The number of benzene rings is 2. The van der Waals surface area contributed by atoms with Crippen molar-refractivity contribution in [3.05, 3.63) is 58.6 Å². The predicted molar refractivity (Wildman–Crippen MR) is 115 cm³/mol. The van der Waals surface area contributed by atoms with Gasteiger partial charge in [0.05, 0.1) is 5.02 Å². The van der Waals surface area contributed by atoms with Gasteiger partial charge in [0.1, 0.15) is 0 Å². The zero-order valence-electron chi connectivity index (χ0n) is 16.6. The summed E-state index contributed by atoms with van der Waals surface area (Å²) in [7, 11) is 0. The van der Waals surface area contributed by atoms with Gasteiger partial charge in [-0.2, -0.15) is 0 Å². The first-order valence-corrected chi connectivity index (χ1v) is 9.99. The van der Waals surface area contributed by atoms with Crippen molar-refractivity contribution < 1.29 is 23.8 Å². The SMILES string of the molecule is CCOCCCNC(=O)c1cccc(NC(=O)C=Cc2cc(Cl)c3c(c2)OCO3)c1. The van der Waals surface area contributed by atoms with E-state index in [-0.39, 0.29) is 18.6 Å². The molecule has 0 saturated carbocycles. The fourth-order valence-electron chi connectivity index (χ4n) is 2.80. The van der Waals surface area contributed by atoms with E-state index in [9.17, 15) is 9.59 Å². The van der Waals surface area contributed by atoms with Crippen molar-refractivity contribution in [3.63, 3.8) is 0 Å². The normalized spacial score (nSPS) is 12.2. The van der Waals surface area contributed by atoms with Crippen LogP contribution in [0.5, 0.6) is 11.5 Å². The topological polar surface area (TPSA) is 85.9 Å². The van der Waals surface area contributed by atoms with Gasteiger partial charge in [-0.05, 0) is 55.3 Å². The highest BCUT2D eigenvalue weighted by Crippen LogP contribution is 2.40. The van der Waals surface area contributed by atoms with Crippen LogP contribution in [0.4, 0.5) is 5.69 Å². The lowest BCUT2D eigenvalue weighted by Gasteiger charge is -2.08. The molecule has 30 heavy (non-hydrogen) atoms. The molecule has 0 fully saturated rings. The predicted octanol–water partition coefficient (Wildman–Crippen LogP) is 3.88. The number of carbonyl (C=O) groups excluding carboxylic acids is 2. The fraction of sp³-hybridized carbons (Fsp3) is 0.273. The Kier molecular flexibility index (Phi) is 7.70. The molecule has 0 spiro atoms. The van der Waals surface area contributed by atoms with Gasteiger partial charge in [0.2, 0.25) is 12.7 Å². The van der Waals surface area contributed by atoms with Gasteiger partial charge in [0.25, 0.3) is 5.91 Å². The molecule has 0 unspecified atom stereocenters. The van der Waals surface area contributed by atoms with Crippen molar-refractivity contribution in [2.24, 2.45) is 0 Å². The molecule has 2 aromatic rings. The van der Waals surface area contributed by atoms with Gasteiger partial charge < -0.3 is 24.8 Å². The van der Waals surface area contributed by atoms with Gasteiger partial charge in [-0.25, -0.2) is 0 Å². The van der Waals surface area contributed by atoms with Gasteiger partial charge in [0, 0.05) is 37.1 Å². The highest BCUT2D eigenvalue weighted by molar-refractivity contribution is 6.32. The van der Waals surface area contributed by atoms with E-state index < -0.39 is 0 Å². The first kappa shape index (κ1) is 21.7. The number of hydrogen-bond acceptors (Lipinski definition) is 5. The Bertz CT molecular complexity index is 945. The average molecular weight is 431 g/mol. The molecule has 158 valence electrons. The maximum atomic E-state index is 12.3. The summed E-state index contributed by atoms with van der Waals surface area (Å²) >= 11 is 6.14. The van der Waals surface area contributed by atoms with Crippen LogP contribution in [0.15, 0.2) is 42.5 Å². The molecular weight excluding hydrogens is 408 g/mol. The molecule has 0 radical (unpaired) electrons. The highest BCUT2D eigenvalue weighted by atomic mass is 35.5. The Morgan fingerprint density at radius 2 is 2.10 bits per heavy atom. The van der Waals surface area contributed by atoms with E-state index in [2.05, 4.69) is 10.6 Å².